The first-order valence-corrected chi connectivity index (χ1v) is 10.2. The third-order valence-electron chi connectivity index (χ3n) is 4.84. The molecule has 0 saturated carbocycles. The van der Waals surface area contributed by atoms with Crippen molar-refractivity contribution in [3.63, 3.8) is 0 Å². The third kappa shape index (κ3) is 7.06. The summed E-state index contributed by atoms with van der Waals surface area (Å²) in [6.07, 6.45) is 5.16. The van der Waals surface area contributed by atoms with Crippen molar-refractivity contribution in [2.75, 3.05) is 5.32 Å². The van der Waals surface area contributed by atoms with Gasteiger partial charge in [-0.25, -0.2) is 14.6 Å². The summed E-state index contributed by atoms with van der Waals surface area (Å²) in [5.74, 6) is -1.18. The van der Waals surface area contributed by atoms with E-state index in [2.05, 4.69) is 15.3 Å². The largest absolute Gasteiger partial charge is 0.478 e. The van der Waals surface area contributed by atoms with Crippen LogP contribution >= 0.6 is 0 Å². The minimum absolute atomic E-state index is 0.0179. The SMILES string of the molecule is O=C(Nc1ccccc1Oc1ccccc1)C1CCc2nc[nH]c2C1.O=C(O)/C=C/C(=O)O. The molecule has 0 radical (unpaired) electrons. The van der Waals surface area contributed by atoms with Gasteiger partial charge in [0.1, 0.15) is 5.75 Å². The molecule has 4 rings (SSSR count). The molecule has 1 unspecified atom stereocenters. The number of nitrogens with one attached hydrogen (secondary N) is 2. The van der Waals surface area contributed by atoms with Crippen molar-refractivity contribution in [2.45, 2.75) is 19.3 Å². The Kier molecular flexibility index (Phi) is 7.96. The lowest BCUT2D eigenvalue weighted by Crippen LogP contribution is -2.28. The number of H-pyrrole nitrogens is 1. The quantitative estimate of drug-likeness (QED) is 0.421. The van der Waals surface area contributed by atoms with E-state index in [-0.39, 0.29) is 11.8 Å². The second-order valence-corrected chi connectivity index (χ2v) is 7.18. The summed E-state index contributed by atoms with van der Waals surface area (Å²) in [7, 11) is 0. The zero-order chi connectivity index (χ0) is 23.6. The Balaban J connectivity index is 0.000000331. The summed E-state index contributed by atoms with van der Waals surface area (Å²) in [6, 6.07) is 17.1. The number of aliphatic carboxylic acids is 2. The van der Waals surface area contributed by atoms with Crippen LogP contribution in [0.2, 0.25) is 0 Å². The maximum atomic E-state index is 12.7. The number of nitrogens with zero attached hydrogens (tertiary/aromatic N) is 1. The topological polar surface area (TPSA) is 142 Å². The molecule has 1 aliphatic rings. The molecule has 0 bridgehead atoms. The molecule has 170 valence electrons. The molecule has 1 amide bonds. The maximum Gasteiger partial charge on any atom is 0.328 e. The summed E-state index contributed by atoms with van der Waals surface area (Å²) in [6.45, 7) is 0. The lowest BCUT2D eigenvalue weighted by atomic mass is 9.89. The van der Waals surface area contributed by atoms with E-state index >= 15 is 0 Å². The second kappa shape index (κ2) is 11.3. The lowest BCUT2D eigenvalue weighted by molar-refractivity contribution is -0.134. The molecule has 9 heteroatoms. The molecule has 0 spiro atoms. The molecule has 2 aromatic carbocycles. The first-order chi connectivity index (χ1) is 15.9. The van der Waals surface area contributed by atoms with Crippen molar-refractivity contribution in [3.05, 3.63) is 84.5 Å². The number of aromatic nitrogens is 2. The number of hydrogen-bond donors (Lipinski definition) is 4. The molecule has 3 aromatic rings. The van der Waals surface area contributed by atoms with E-state index in [0.717, 1.165) is 30.0 Å². The van der Waals surface area contributed by atoms with Crippen LogP contribution < -0.4 is 10.1 Å². The molecule has 9 nitrogen and oxygen atoms in total. The minimum Gasteiger partial charge on any atom is -0.478 e. The fourth-order valence-electron chi connectivity index (χ4n) is 3.28. The number of hydrogen-bond acceptors (Lipinski definition) is 5. The number of carbonyl (C=O) groups excluding carboxylic acids is 1. The van der Waals surface area contributed by atoms with Crippen LogP contribution in [-0.4, -0.2) is 38.0 Å². The van der Waals surface area contributed by atoms with Gasteiger partial charge in [-0.2, -0.15) is 0 Å². The fourth-order valence-corrected chi connectivity index (χ4v) is 3.28. The van der Waals surface area contributed by atoms with Gasteiger partial charge in [0.05, 0.1) is 17.7 Å². The van der Waals surface area contributed by atoms with Crippen LogP contribution in [0.25, 0.3) is 0 Å². The predicted molar refractivity (Wildman–Crippen MR) is 120 cm³/mol. The lowest BCUT2D eigenvalue weighted by Gasteiger charge is -2.21. The molecular weight excluding hydrogens is 426 g/mol. The number of imidazole rings is 1. The van der Waals surface area contributed by atoms with Gasteiger partial charge in [0, 0.05) is 30.2 Å². The number of ether oxygens (including phenoxy) is 1. The van der Waals surface area contributed by atoms with Gasteiger partial charge in [0.2, 0.25) is 5.91 Å². The fraction of sp³-hybridized carbons (Fsp3) is 0.167. The molecule has 1 aromatic heterocycles. The van der Waals surface area contributed by atoms with E-state index < -0.39 is 11.9 Å². The van der Waals surface area contributed by atoms with Gasteiger partial charge in [0.15, 0.2) is 5.75 Å². The highest BCUT2D eigenvalue weighted by atomic mass is 16.5. The Hall–Kier alpha value is -4.40. The molecule has 1 atom stereocenters. The van der Waals surface area contributed by atoms with E-state index in [9.17, 15) is 14.4 Å². The summed E-state index contributed by atoms with van der Waals surface area (Å²) < 4.78 is 5.91. The normalized spacial score (nSPS) is 14.5. The number of rotatable bonds is 6. The number of aryl methyl sites for hydroxylation is 1. The highest BCUT2D eigenvalue weighted by Gasteiger charge is 2.26. The van der Waals surface area contributed by atoms with Crippen LogP contribution in [0, 0.1) is 5.92 Å². The second-order valence-electron chi connectivity index (χ2n) is 7.18. The van der Waals surface area contributed by atoms with E-state index in [0.29, 0.717) is 30.0 Å². The average molecular weight is 449 g/mol. The van der Waals surface area contributed by atoms with Crippen molar-refractivity contribution in [2.24, 2.45) is 5.92 Å². The Morgan fingerprint density at radius 2 is 1.67 bits per heavy atom. The smallest absolute Gasteiger partial charge is 0.328 e. The molecule has 4 N–H and O–H groups in total. The number of benzene rings is 2. The van der Waals surface area contributed by atoms with E-state index in [1.807, 2.05) is 54.6 Å². The van der Waals surface area contributed by atoms with Crippen LogP contribution in [0.15, 0.2) is 73.1 Å². The van der Waals surface area contributed by atoms with Gasteiger partial charge in [-0.05, 0) is 37.1 Å². The first kappa shape index (κ1) is 23.3. The van der Waals surface area contributed by atoms with Gasteiger partial charge >= 0.3 is 11.9 Å². The summed E-state index contributed by atoms with van der Waals surface area (Å²) >= 11 is 0. The standard InChI is InChI=1S/C20H19N3O2.C4H4O4/c24-20(14-10-11-16-18(12-14)22-13-21-16)23-17-8-4-5-9-19(17)25-15-6-2-1-3-7-15;5-3(6)1-2-4(7)8/h1-9,13-14H,10-12H2,(H,21,22)(H,23,24);1-2H,(H,5,6)(H,7,8)/b;2-1+. The van der Waals surface area contributed by atoms with Crippen LogP contribution in [0.1, 0.15) is 17.8 Å². The Bertz CT molecular complexity index is 1120. The number of carboxylic acid groups (broad SMARTS) is 2. The highest BCUT2D eigenvalue weighted by Crippen LogP contribution is 2.31. The van der Waals surface area contributed by atoms with Crippen molar-refractivity contribution in [1.29, 1.82) is 0 Å². The van der Waals surface area contributed by atoms with Crippen molar-refractivity contribution < 1.29 is 29.3 Å². The predicted octanol–water partition coefficient (Wildman–Crippen LogP) is 3.66. The molecule has 1 aliphatic carbocycles. The number of carbonyl (C=O) groups is 3. The maximum absolute atomic E-state index is 12.7. The third-order valence-corrected chi connectivity index (χ3v) is 4.84. The Morgan fingerprint density at radius 3 is 2.36 bits per heavy atom. The number of anilines is 1. The molecule has 0 saturated heterocycles. The number of carboxylic acids is 2. The molecule has 0 fully saturated rings. The van der Waals surface area contributed by atoms with Crippen LogP contribution in [0.4, 0.5) is 5.69 Å². The van der Waals surface area contributed by atoms with Crippen molar-refractivity contribution in [3.8, 4) is 11.5 Å². The number of para-hydroxylation sites is 3. The first-order valence-electron chi connectivity index (χ1n) is 10.2. The van der Waals surface area contributed by atoms with E-state index in [1.165, 1.54) is 0 Å². The average Bonchev–Trinajstić information content (AvgIpc) is 3.28. The van der Waals surface area contributed by atoms with Crippen molar-refractivity contribution in [1.82, 2.24) is 9.97 Å². The summed E-state index contributed by atoms with van der Waals surface area (Å²) in [4.78, 5) is 39.2. The monoisotopic (exact) mass is 449 g/mol. The van der Waals surface area contributed by atoms with Gasteiger partial charge in [0.25, 0.3) is 0 Å². The molecular formula is C24H23N3O6. The van der Waals surface area contributed by atoms with Crippen LogP contribution in [0.3, 0.4) is 0 Å². The molecule has 33 heavy (non-hydrogen) atoms. The van der Waals surface area contributed by atoms with Crippen LogP contribution in [0.5, 0.6) is 11.5 Å². The number of amides is 1. The Labute approximate surface area is 189 Å². The highest BCUT2D eigenvalue weighted by molar-refractivity contribution is 5.94. The van der Waals surface area contributed by atoms with Gasteiger partial charge in [-0.1, -0.05) is 30.3 Å². The molecule has 1 heterocycles. The zero-order valence-corrected chi connectivity index (χ0v) is 17.6. The summed E-state index contributed by atoms with van der Waals surface area (Å²) in [5, 5.41) is 18.6. The van der Waals surface area contributed by atoms with Gasteiger partial charge in [-0.3, -0.25) is 4.79 Å². The van der Waals surface area contributed by atoms with E-state index in [4.69, 9.17) is 14.9 Å². The van der Waals surface area contributed by atoms with Crippen molar-refractivity contribution >= 4 is 23.5 Å². The number of fused-ring (bicyclic) bond motifs is 1. The number of aromatic amines is 1. The minimum atomic E-state index is -1.26. The zero-order valence-electron chi connectivity index (χ0n) is 17.6. The molecule has 0 aliphatic heterocycles. The van der Waals surface area contributed by atoms with Gasteiger partial charge < -0.3 is 25.3 Å². The van der Waals surface area contributed by atoms with Crippen LogP contribution in [-0.2, 0) is 27.2 Å². The Morgan fingerprint density at radius 1 is 1.00 bits per heavy atom. The van der Waals surface area contributed by atoms with Gasteiger partial charge in [-0.15, -0.1) is 0 Å². The van der Waals surface area contributed by atoms with E-state index in [1.54, 1.807) is 6.33 Å². The summed E-state index contributed by atoms with van der Waals surface area (Å²) in [5.41, 5.74) is 2.84.